The molecule has 1 atom stereocenters. The molecule has 0 saturated heterocycles. The molecule has 0 radical (unpaired) electrons. The third-order valence-electron chi connectivity index (χ3n) is 6.16. The van der Waals surface area contributed by atoms with Gasteiger partial charge in [0, 0.05) is 29.4 Å². The van der Waals surface area contributed by atoms with E-state index >= 15 is 0 Å². The molecule has 1 aliphatic carbocycles. The van der Waals surface area contributed by atoms with Crippen molar-refractivity contribution in [3.63, 3.8) is 0 Å². The van der Waals surface area contributed by atoms with Gasteiger partial charge < -0.3 is 5.32 Å². The topological polar surface area (TPSA) is 76.9 Å². The minimum absolute atomic E-state index is 0.247. The highest BCUT2D eigenvalue weighted by Gasteiger charge is 2.23. The van der Waals surface area contributed by atoms with Gasteiger partial charge in [-0.2, -0.15) is 0 Å². The van der Waals surface area contributed by atoms with Crippen molar-refractivity contribution in [2.75, 3.05) is 5.32 Å². The Balaban J connectivity index is 1.61. The van der Waals surface area contributed by atoms with Gasteiger partial charge in [-0.3, -0.25) is 0 Å². The maximum absolute atomic E-state index is 13.4. The molecule has 168 valence electrons. The first-order valence-electron chi connectivity index (χ1n) is 11.1. The Kier molecular flexibility index (Phi) is 5.50. The summed E-state index contributed by atoms with van der Waals surface area (Å²) in [5.41, 5.74) is 4.24. The summed E-state index contributed by atoms with van der Waals surface area (Å²) in [4.78, 5) is 9.56. The average molecular weight is 459 g/mol. The number of fused-ring (bicyclic) bond motifs is 1. The van der Waals surface area contributed by atoms with Gasteiger partial charge in [0.1, 0.15) is 0 Å². The van der Waals surface area contributed by atoms with Gasteiger partial charge in [-0.1, -0.05) is 48.6 Å². The smallest absolute Gasteiger partial charge is 0.268 e. The largest absolute Gasteiger partial charge is 0.351 e. The Hall–Kier alpha value is -3.45. The predicted molar refractivity (Wildman–Crippen MR) is 132 cm³/mol. The van der Waals surface area contributed by atoms with Gasteiger partial charge >= 0.3 is 0 Å². The van der Waals surface area contributed by atoms with Crippen molar-refractivity contribution in [2.45, 2.75) is 43.5 Å². The van der Waals surface area contributed by atoms with E-state index in [0.29, 0.717) is 11.5 Å². The number of benzene rings is 2. The molecule has 0 bridgehead atoms. The summed E-state index contributed by atoms with van der Waals surface area (Å²) in [5, 5.41) is 4.28. The summed E-state index contributed by atoms with van der Waals surface area (Å²) in [6.07, 6.45) is 7.63. The number of aromatic nitrogens is 3. The summed E-state index contributed by atoms with van der Waals surface area (Å²) in [5.74, 6) is 0.554. The molecule has 6 nitrogen and oxygen atoms in total. The molecular formula is C26H26N4O2S. The van der Waals surface area contributed by atoms with Crippen molar-refractivity contribution in [2.24, 2.45) is 0 Å². The van der Waals surface area contributed by atoms with Crippen molar-refractivity contribution in [3.05, 3.63) is 84.7 Å². The molecule has 2 heterocycles. The van der Waals surface area contributed by atoms with Crippen molar-refractivity contribution < 1.29 is 8.42 Å². The quantitative estimate of drug-likeness (QED) is 0.397. The number of nitrogens with one attached hydrogen (secondary N) is 1. The predicted octanol–water partition coefficient (Wildman–Crippen LogP) is 5.55. The molecule has 0 spiro atoms. The van der Waals surface area contributed by atoms with Crippen molar-refractivity contribution in [3.8, 4) is 11.3 Å². The monoisotopic (exact) mass is 458 g/mol. The van der Waals surface area contributed by atoms with Gasteiger partial charge in [0.05, 0.1) is 16.1 Å². The standard InChI is InChI=1S/C26H26N4O2S/c1-18-9-8-10-20(15-18)28-26-27-16-19(2)25(29-26)23-17-30(24-14-7-6-13-22(23)24)33(31,32)21-11-4-3-5-12-21/h3-7,11-14,16-17,20H,1,8-10,15H2,2H3,(H,27,28,29)/t20-/m1/s1. The van der Waals surface area contributed by atoms with E-state index in [1.807, 2.05) is 31.2 Å². The second-order valence-electron chi connectivity index (χ2n) is 8.59. The van der Waals surface area contributed by atoms with Crippen LogP contribution in [-0.4, -0.2) is 28.4 Å². The van der Waals surface area contributed by atoms with Crippen LogP contribution < -0.4 is 5.32 Å². The average Bonchev–Trinajstić information content (AvgIpc) is 3.21. The van der Waals surface area contributed by atoms with Gasteiger partial charge in [-0.05, 0) is 56.4 Å². The fourth-order valence-corrected chi connectivity index (χ4v) is 5.88. The van der Waals surface area contributed by atoms with Gasteiger partial charge in [0.25, 0.3) is 10.0 Å². The summed E-state index contributed by atoms with van der Waals surface area (Å²) < 4.78 is 28.2. The van der Waals surface area contributed by atoms with E-state index in [-0.39, 0.29) is 10.9 Å². The first kappa shape index (κ1) is 21.4. The van der Waals surface area contributed by atoms with Gasteiger partial charge in [0.2, 0.25) is 5.95 Å². The van der Waals surface area contributed by atoms with Crippen LogP contribution in [0.5, 0.6) is 0 Å². The number of hydrogen-bond acceptors (Lipinski definition) is 5. The van der Waals surface area contributed by atoms with Crippen LogP contribution in [0.25, 0.3) is 22.2 Å². The molecule has 0 aliphatic heterocycles. The summed E-state index contributed by atoms with van der Waals surface area (Å²) in [6.45, 7) is 6.07. The summed E-state index contributed by atoms with van der Waals surface area (Å²) in [6, 6.07) is 16.3. The molecule has 4 aromatic rings. The number of nitrogens with zero attached hydrogens (tertiary/aromatic N) is 3. The van der Waals surface area contributed by atoms with E-state index in [2.05, 4.69) is 16.9 Å². The number of rotatable bonds is 5. The third kappa shape index (κ3) is 4.04. The second kappa shape index (κ2) is 8.48. The van der Waals surface area contributed by atoms with E-state index in [1.54, 1.807) is 42.7 Å². The molecule has 5 rings (SSSR count). The van der Waals surface area contributed by atoms with Crippen molar-refractivity contribution >= 4 is 26.9 Å². The molecular weight excluding hydrogens is 432 g/mol. The highest BCUT2D eigenvalue weighted by atomic mass is 32.2. The van der Waals surface area contributed by atoms with Crippen LogP contribution in [0.3, 0.4) is 0 Å². The Morgan fingerprint density at radius 2 is 1.85 bits per heavy atom. The Morgan fingerprint density at radius 3 is 2.64 bits per heavy atom. The second-order valence-corrected chi connectivity index (χ2v) is 10.4. The zero-order valence-corrected chi connectivity index (χ0v) is 19.3. The van der Waals surface area contributed by atoms with Crippen LogP contribution in [-0.2, 0) is 10.0 Å². The zero-order valence-electron chi connectivity index (χ0n) is 18.5. The highest BCUT2D eigenvalue weighted by molar-refractivity contribution is 7.90. The summed E-state index contributed by atoms with van der Waals surface area (Å²) in [7, 11) is -3.76. The normalized spacial score (nSPS) is 16.8. The van der Waals surface area contributed by atoms with Gasteiger partial charge in [0.15, 0.2) is 0 Å². The third-order valence-corrected chi connectivity index (χ3v) is 7.84. The van der Waals surface area contributed by atoms with Crippen molar-refractivity contribution in [1.29, 1.82) is 0 Å². The molecule has 2 aromatic carbocycles. The fourth-order valence-electron chi connectivity index (χ4n) is 4.48. The number of anilines is 1. The van der Waals surface area contributed by atoms with Gasteiger partial charge in [-0.15, -0.1) is 0 Å². The lowest BCUT2D eigenvalue weighted by Crippen LogP contribution is -2.24. The van der Waals surface area contributed by atoms with Crippen molar-refractivity contribution in [1.82, 2.24) is 13.9 Å². The zero-order chi connectivity index (χ0) is 23.0. The molecule has 7 heteroatoms. The van der Waals surface area contributed by atoms with Crippen LogP contribution in [0, 0.1) is 6.92 Å². The first-order chi connectivity index (χ1) is 15.9. The van der Waals surface area contributed by atoms with E-state index in [1.165, 1.54) is 9.55 Å². The van der Waals surface area contributed by atoms with Crippen LogP contribution in [0.1, 0.15) is 31.2 Å². The molecule has 1 saturated carbocycles. The molecule has 1 N–H and O–H groups in total. The molecule has 0 unspecified atom stereocenters. The minimum atomic E-state index is -3.76. The molecule has 0 amide bonds. The molecule has 2 aromatic heterocycles. The van der Waals surface area contributed by atoms with E-state index < -0.39 is 10.0 Å². The number of aryl methyl sites for hydroxylation is 1. The molecule has 33 heavy (non-hydrogen) atoms. The summed E-state index contributed by atoms with van der Waals surface area (Å²) >= 11 is 0. The highest BCUT2D eigenvalue weighted by Crippen LogP contribution is 2.34. The van der Waals surface area contributed by atoms with E-state index in [9.17, 15) is 8.42 Å². The maximum Gasteiger partial charge on any atom is 0.268 e. The van der Waals surface area contributed by atoms with Crippen LogP contribution in [0.2, 0.25) is 0 Å². The molecule has 1 aliphatic rings. The number of hydrogen-bond donors (Lipinski definition) is 1. The minimum Gasteiger partial charge on any atom is -0.351 e. The van der Waals surface area contributed by atoms with Crippen LogP contribution in [0.15, 0.2) is 84.0 Å². The van der Waals surface area contributed by atoms with Crippen LogP contribution >= 0.6 is 0 Å². The lowest BCUT2D eigenvalue weighted by Gasteiger charge is -2.24. The lowest BCUT2D eigenvalue weighted by atomic mass is 9.92. The fraction of sp³-hybridized carbons (Fsp3) is 0.231. The Bertz CT molecular complexity index is 1440. The SMILES string of the molecule is C=C1CCC[C@@H](Nc2ncc(C)c(-c3cn(S(=O)(=O)c4ccccc4)c4ccccc34)n2)C1. The molecule has 1 fully saturated rings. The number of para-hydroxylation sites is 1. The first-order valence-corrected chi connectivity index (χ1v) is 12.6. The van der Waals surface area contributed by atoms with Crippen LogP contribution in [0.4, 0.5) is 5.95 Å². The Labute approximate surface area is 194 Å². The van der Waals surface area contributed by atoms with E-state index in [4.69, 9.17) is 4.98 Å². The maximum atomic E-state index is 13.4. The Morgan fingerprint density at radius 1 is 1.09 bits per heavy atom. The lowest BCUT2D eigenvalue weighted by molar-refractivity contribution is 0.543. The van der Waals surface area contributed by atoms with E-state index in [0.717, 1.165) is 47.9 Å². The van der Waals surface area contributed by atoms with Gasteiger partial charge in [-0.25, -0.2) is 22.4 Å².